The van der Waals surface area contributed by atoms with Crippen LogP contribution >= 0.6 is 0 Å². The Bertz CT molecular complexity index is 52.3. The van der Waals surface area contributed by atoms with Crippen LogP contribution < -0.4 is 10.9 Å². The van der Waals surface area contributed by atoms with Gasteiger partial charge in [-0.15, -0.1) is 0 Å². The van der Waals surface area contributed by atoms with E-state index in [0.29, 0.717) is 0 Å². The van der Waals surface area contributed by atoms with Gasteiger partial charge >= 0.3 is 0 Å². The van der Waals surface area contributed by atoms with Gasteiger partial charge in [-0.3, -0.25) is 4.99 Å². The van der Waals surface area contributed by atoms with Crippen molar-refractivity contribution in [3.8, 4) is 0 Å². The Kier molecular flexibility index (Phi) is 19.6. The number of hydrazine groups is 1. The van der Waals surface area contributed by atoms with Crippen molar-refractivity contribution in [2.24, 2.45) is 4.99 Å². The molecular weight excluding hydrogens is 114 g/mol. The molecule has 0 amide bonds. The van der Waals surface area contributed by atoms with Gasteiger partial charge in [-0.1, -0.05) is 20.8 Å². The molecule has 0 rings (SSSR count). The van der Waals surface area contributed by atoms with Crippen LogP contribution in [0.25, 0.3) is 0 Å². The van der Waals surface area contributed by atoms with Crippen molar-refractivity contribution in [1.82, 2.24) is 10.9 Å². The van der Waals surface area contributed by atoms with Crippen molar-refractivity contribution >= 4 is 6.34 Å². The van der Waals surface area contributed by atoms with Crippen LogP contribution in [0.15, 0.2) is 4.99 Å². The fraction of sp³-hybridized carbons (Fsp3) is 0.833. The number of rotatable bonds is 3. The van der Waals surface area contributed by atoms with Crippen LogP contribution in [0.5, 0.6) is 0 Å². The zero-order valence-corrected chi connectivity index (χ0v) is 6.73. The van der Waals surface area contributed by atoms with Gasteiger partial charge < -0.3 is 5.43 Å². The summed E-state index contributed by atoms with van der Waals surface area (Å²) < 4.78 is 0. The summed E-state index contributed by atoms with van der Waals surface area (Å²) in [5.41, 5.74) is 5.59. The van der Waals surface area contributed by atoms with Gasteiger partial charge in [0.15, 0.2) is 0 Å². The summed E-state index contributed by atoms with van der Waals surface area (Å²) in [5.74, 6) is 0. The number of hydrogen-bond acceptors (Lipinski definition) is 2. The lowest BCUT2D eigenvalue weighted by atomic mass is 10.8. The summed E-state index contributed by atoms with van der Waals surface area (Å²) in [6.07, 6.45) is 1.60. The molecule has 0 aliphatic rings. The molecule has 0 aromatic heterocycles. The average molecular weight is 131 g/mol. The lowest BCUT2D eigenvalue weighted by Crippen LogP contribution is -2.29. The number of aliphatic imine (C=N–C) groups is 1. The first-order valence-corrected chi connectivity index (χ1v) is 3.30. The minimum absolute atomic E-state index is 0.909. The van der Waals surface area contributed by atoms with Crippen molar-refractivity contribution in [2.45, 2.75) is 20.8 Å². The summed E-state index contributed by atoms with van der Waals surface area (Å²) in [4.78, 5) is 3.67. The van der Waals surface area contributed by atoms with Crippen LogP contribution in [0.1, 0.15) is 20.8 Å². The highest BCUT2D eigenvalue weighted by Crippen LogP contribution is 1.43. The minimum atomic E-state index is 0.909. The van der Waals surface area contributed by atoms with Gasteiger partial charge in [-0.05, 0) is 0 Å². The monoisotopic (exact) mass is 131 g/mol. The number of hydrogen-bond donors (Lipinski definition) is 2. The summed E-state index contributed by atoms with van der Waals surface area (Å²) in [5, 5.41) is 0. The van der Waals surface area contributed by atoms with E-state index in [1.54, 1.807) is 13.4 Å². The van der Waals surface area contributed by atoms with Gasteiger partial charge in [0.25, 0.3) is 0 Å². The molecule has 0 saturated carbocycles. The molecule has 0 fully saturated rings. The van der Waals surface area contributed by atoms with Crippen molar-refractivity contribution in [3.63, 3.8) is 0 Å². The van der Waals surface area contributed by atoms with Crippen LogP contribution in [-0.4, -0.2) is 19.9 Å². The Hall–Kier alpha value is -0.570. The molecule has 2 N–H and O–H groups in total. The maximum absolute atomic E-state index is 3.67. The molecule has 3 heteroatoms. The van der Waals surface area contributed by atoms with Gasteiger partial charge in [-0.2, -0.15) is 0 Å². The van der Waals surface area contributed by atoms with E-state index in [1.165, 1.54) is 0 Å². The Morgan fingerprint density at radius 2 is 2.00 bits per heavy atom. The number of nitrogens with one attached hydrogen (secondary N) is 2. The Balaban J connectivity index is 0. The molecule has 0 heterocycles. The fourth-order valence-electron chi connectivity index (χ4n) is 0.212. The van der Waals surface area contributed by atoms with Crippen LogP contribution in [0.3, 0.4) is 0 Å². The third-order valence-corrected chi connectivity index (χ3v) is 0.472. The molecule has 9 heavy (non-hydrogen) atoms. The summed E-state index contributed by atoms with van der Waals surface area (Å²) in [6, 6.07) is 0. The van der Waals surface area contributed by atoms with E-state index in [2.05, 4.69) is 15.8 Å². The van der Waals surface area contributed by atoms with Crippen LogP contribution in [-0.2, 0) is 0 Å². The number of nitrogens with zero attached hydrogens (tertiary/aromatic N) is 1. The molecule has 0 atom stereocenters. The average Bonchev–Trinajstić information content (AvgIpc) is 1.94. The zero-order chi connectivity index (χ0) is 7.54. The second-order valence-corrected chi connectivity index (χ2v) is 1.06. The molecule has 3 nitrogen and oxygen atoms in total. The summed E-state index contributed by atoms with van der Waals surface area (Å²) in [7, 11) is 1.71. The second-order valence-electron chi connectivity index (χ2n) is 1.06. The maximum Gasteiger partial charge on any atom is 0.0962 e. The quantitative estimate of drug-likeness (QED) is 0.257. The molecule has 0 spiro atoms. The largest absolute Gasteiger partial charge is 0.312 e. The van der Waals surface area contributed by atoms with Crippen LogP contribution in [0.4, 0.5) is 0 Å². The van der Waals surface area contributed by atoms with Gasteiger partial charge in [0.1, 0.15) is 0 Å². The molecule has 0 bridgehead atoms. The van der Waals surface area contributed by atoms with E-state index in [9.17, 15) is 0 Å². The minimum Gasteiger partial charge on any atom is -0.312 e. The molecule has 0 aliphatic heterocycles. The molecule has 0 aliphatic carbocycles. The summed E-state index contributed by atoms with van der Waals surface area (Å²) >= 11 is 0. The first-order valence-electron chi connectivity index (χ1n) is 3.30. The van der Waals surface area contributed by atoms with E-state index in [4.69, 9.17) is 0 Å². The highest BCUT2D eigenvalue weighted by atomic mass is 15.3. The third kappa shape index (κ3) is 18.6. The van der Waals surface area contributed by atoms with E-state index in [1.807, 2.05) is 20.8 Å². The molecule has 0 aromatic carbocycles. The van der Waals surface area contributed by atoms with Gasteiger partial charge in [0.2, 0.25) is 0 Å². The first-order chi connectivity index (χ1) is 4.41. The molecule has 0 aromatic rings. The Labute approximate surface area is 57.5 Å². The normalized spacial score (nSPS) is 8.44. The topological polar surface area (TPSA) is 36.4 Å². The van der Waals surface area contributed by atoms with Crippen molar-refractivity contribution in [1.29, 1.82) is 0 Å². The smallest absolute Gasteiger partial charge is 0.0962 e. The molecule has 0 unspecified atom stereocenters. The van der Waals surface area contributed by atoms with Crippen molar-refractivity contribution < 1.29 is 0 Å². The van der Waals surface area contributed by atoms with E-state index in [0.717, 1.165) is 6.54 Å². The lowest BCUT2D eigenvalue weighted by Gasteiger charge is -1.94. The zero-order valence-electron chi connectivity index (χ0n) is 6.73. The SMILES string of the molecule is CC.CCNNC=NC. The predicted octanol–water partition coefficient (Wildman–Crippen LogP) is 0.785. The van der Waals surface area contributed by atoms with E-state index in [-0.39, 0.29) is 0 Å². The van der Waals surface area contributed by atoms with Crippen LogP contribution in [0.2, 0.25) is 0 Å². The second kappa shape index (κ2) is 15.7. The molecule has 0 radical (unpaired) electrons. The van der Waals surface area contributed by atoms with Crippen molar-refractivity contribution in [2.75, 3.05) is 13.6 Å². The lowest BCUT2D eigenvalue weighted by molar-refractivity contribution is 0.694. The van der Waals surface area contributed by atoms with Gasteiger partial charge in [0, 0.05) is 13.6 Å². The first kappa shape index (κ1) is 11.3. The van der Waals surface area contributed by atoms with Crippen LogP contribution in [0, 0.1) is 0 Å². The fourth-order valence-corrected chi connectivity index (χ4v) is 0.212. The van der Waals surface area contributed by atoms with Gasteiger partial charge in [0.05, 0.1) is 6.34 Å². The van der Waals surface area contributed by atoms with E-state index >= 15 is 0 Å². The van der Waals surface area contributed by atoms with Gasteiger partial charge in [-0.25, -0.2) is 5.43 Å². The third-order valence-electron chi connectivity index (χ3n) is 0.472. The summed E-state index contributed by atoms with van der Waals surface area (Å²) in [6.45, 7) is 6.92. The van der Waals surface area contributed by atoms with Crippen molar-refractivity contribution in [3.05, 3.63) is 0 Å². The maximum atomic E-state index is 3.67. The standard InChI is InChI=1S/C4H11N3.C2H6/c1-3-6-7-4-5-2;1-2/h4,6H,3H2,1-2H3,(H,5,7);1-2H3. The highest BCUT2D eigenvalue weighted by molar-refractivity contribution is 5.52. The Morgan fingerprint density at radius 3 is 2.33 bits per heavy atom. The highest BCUT2D eigenvalue weighted by Gasteiger charge is 1.64. The predicted molar refractivity (Wildman–Crippen MR) is 42.6 cm³/mol. The van der Waals surface area contributed by atoms with E-state index < -0.39 is 0 Å². The Morgan fingerprint density at radius 1 is 1.44 bits per heavy atom. The molecular formula is C6H17N3. The molecule has 0 saturated heterocycles. The molecule has 56 valence electrons.